The van der Waals surface area contributed by atoms with E-state index in [0.29, 0.717) is 36.4 Å². The number of hydrogen-bond acceptors (Lipinski definition) is 6. The molecule has 3 aliphatic rings. The Morgan fingerprint density at radius 2 is 1.86 bits per heavy atom. The molecule has 2 heterocycles. The zero-order valence-corrected chi connectivity index (χ0v) is 21.2. The van der Waals surface area contributed by atoms with Crippen LogP contribution in [0.25, 0.3) is 0 Å². The Morgan fingerprint density at radius 1 is 1.08 bits per heavy atom. The van der Waals surface area contributed by atoms with Gasteiger partial charge in [0.2, 0.25) is 11.8 Å². The number of nitrogens with one attached hydrogen (secondary N) is 2. The third-order valence-electron chi connectivity index (χ3n) is 7.29. The summed E-state index contributed by atoms with van der Waals surface area (Å²) in [6.45, 7) is 0.703. The second-order valence-corrected chi connectivity index (χ2v) is 9.97. The van der Waals surface area contributed by atoms with Gasteiger partial charge >= 0.3 is 0 Å². The molecule has 1 saturated carbocycles. The maximum Gasteiger partial charge on any atom is 0.257 e. The van der Waals surface area contributed by atoms with E-state index >= 15 is 0 Å². The van der Waals surface area contributed by atoms with Gasteiger partial charge < -0.3 is 29.7 Å². The standard InChI is InChI=1S/C28H33N3O6/c1-31-23-11-10-21(14-26(32)29-15-17-3-8-20(35-2)9-4-17)37-25(23)16-36-24-12-7-19(13-22(24)28(31)34)30-27(33)18-5-6-18/h3-4,7-9,12-13,18,21,23,25H,5-6,10-11,14-16H2,1-2H3,(H,29,32)(H,30,33)/t21-,23+,25+/m1/s1. The number of amides is 3. The molecule has 37 heavy (non-hydrogen) atoms. The number of fused-ring (bicyclic) bond motifs is 2. The minimum absolute atomic E-state index is 0.00709. The number of carbonyl (C=O) groups excluding carboxylic acids is 3. The summed E-state index contributed by atoms with van der Waals surface area (Å²) in [6, 6.07) is 12.6. The van der Waals surface area contributed by atoms with E-state index in [0.717, 1.165) is 24.2 Å². The van der Waals surface area contributed by atoms with E-state index in [9.17, 15) is 14.4 Å². The molecule has 2 aliphatic heterocycles. The first kappa shape index (κ1) is 25.1. The quantitative estimate of drug-likeness (QED) is 0.597. The van der Waals surface area contributed by atoms with Gasteiger partial charge in [0.15, 0.2) is 0 Å². The summed E-state index contributed by atoms with van der Waals surface area (Å²) in [4.78, 5) is 39.8. The van der Waals surface area contributed by atoms with E-state index in [1.807, 2.05) is 24.3 Å². The summed E-state index contributed by atoms with van der Waals surface area (Å²) in [6.07, 6.45) is 2.86. The average molecular weight is 508 g/mol. The Labute approximate surface area is 216 Å². The van der Waals surface area contributed by atoms with Crippen LogP contribution in [0.2, 0.25) is 0 Å². The highest BCUT2D eigenvalue weighted by Crippen LogP contribution is 2.34. The van der Waals surface area contributed by atoms with Crippen molar-refractivity contribution in [3.8, 4) is 11.5 Å². The molecule has 0 bridgehead atoms. The SMILES string of the molecule is COc1ccc(CNC(=O)C[C@H]2CC[C@H]3[C@H](COc4ccc(NC(=O)C5CC5)cc4C(=O)N3C)O2)cc1. The van der Waals surface area contributed by atoms with Crippen molar-refractivity contribution in [3.63, 3.8) is 0 Å². The van der Waals surface area contributed by atoms with Crippen LogP contribution >= 0.6 is 0 Å². The predicted molar refractivity (Wildman–Crippen MR) is 137 cm³/mol. The maximum atomic E-state index is 13.4. The van der Waals surface area contributed by atoms with Crippen LogP contribution in [0.3, 0.4) is 0 Å². The summed E-state index contributed by atoms with van der Waals surface area (Å²) in [5.41, 5.74) is 2.01. The molecule has 0 radical (unpaired) electrons. The first-order valence-corrected chi connectivity index (χ1v) is 12.8. The molecule has 0 unspecified atom stereocenters. The Bertz CT molecular complexity index is 1160. The van der Waals surface area contributed by atoms with Gasteiger partial charge in [-0.2, -0.15) is 0 Å². The van der Waals surface area contributed by atoms with E-state index in [1.165, 1.54) is 0 Å². The van der Waals surface area contributed by atoms with Crippen molar-refractivity contribution in [1.82, 2.24) is 10.2 Å². The average Bonchev–Trinajstić information content (AvgIpc) is 3.76. The fourth-order valence-corrected chi connectivity index (χ4v) is 4.92. The van der Waals surface area contributed by atoms with Crippen LogP contribution in [0.5, 0.6) is 11.5 Å². The number of anilines is 1. The van der Waals surface area contributed by atoms with Crippen molar-refractivity contribution in [2.75, 3.05) is 26.1 Å². The van der Waals surface area contributed by atoms with Gasteiger partial charge in [0, 0.05) is 25.2 Å². The first-order chi connectivity index (χ1) is 17.9. The summed E-state index contributed by atoms with van der Waals surface area (Å²) in [5.74, 6) is 1.05. The number of likely N-dealkylation sites (N-methyl/N-ethyl adjacent to an activating group) is 1. The highest BCUT2D eigenvalue weighted by Gasteiger charge is 2.39. The van der Waals surface area contributed by atoms with Crippen LogP contribution in [-0.2, 0) is 20.9 Å². The van der Waals surface area contributed by atoms with Gasteiger partial charge in [0.25, 0.3) is 5.91 Å². The molecule has 5 rings (SSSR count). The Hall–Kier alpha value is -3.59. The number of carbonyl (C=O) groups is 3. The number of hydrogen-bond donors (Lipinski definition) is 2. The van der Waals surface area contributed by atoms with Crippen LogP contribution in [0.15, 0.2) is 42.5 Å². The third-order valence-corrected chi connectivity index (χ3v) is 7.29. The zero-order valence-electron chi connectivity index (χ0n) is 21.2. The van der Waals surface area contributed by atoms with Crippen LogP contribution in [0.4, 0.5) is 5.69 Å². The van der Waals surface area contributed by atoms with Crippen LogP contribution < -0.4 is 20.1 Å². The molecule has 0 aromatic heterocycles. The molecule has 3 atom stereocenters. The van der Waals surface area contributed by atoms with E-state index in [-0.39, 0.29) is 54.9 Å². The lowest BCUT2D eigenvalue weighted by atomic mass is 9.94. The second-order valence-electron chi connectivity index (χ2n) is 9.97. The van der Waals surface area contributed by atoms with E-state index in [2.05, 4.69) is 10.6 Å². The molecule has 3 amide bonds. The topological polar surface area (TPSA) is 106 Å². The molecule has 1 saturated heterocycles. The Morgan fingerprint density at radius 3 is 2.59 bits per heavy atom. The lowest BCUT2D eigenvalue weighted by molar-refractivity contribution is -0.134. The summed E-state index contributed by atoms with van der Waals surface area (Å²) >= 11 is 0. The summed E-state index contributed by atoms with van der Waals surface area (Å²) in [5, 5.41) is 5.85. The van der Waals surface area contributed by atoms with Crippen LogP contribution in [-0.4, -0.2) is 61.6 Å². The van der Waals surface area contributed by atoms with E-state index in [4.69, 9.17) is 14.2 Å². The fraction of sp³-hybridized carbons (Fsp3) is 0.464. The highest BCUT2D eigenvalue weighted by molar-refractivity contribution is 6.00. The Kier molecular flexibility index (Phi) is 7.32. The molecule has 0 spiro atoms. The largest absolute Gasteiger partial charge is 0.497 e. The van der Waals surface area contributed by atoms with Crippen LogP contribution in [0, 0.1) is 5.92 Å². The molecule has 2 aromatic carbocycles. The van der Waals surface area contributed by atoms with Gasteiger partial charge in [-0.15, -0.1) is 0 Å². The monoisotopic (exact) mass is 507 g/mol. The smallest absolute Gasteiger partial charge is 0.257 e. The Balaban J connectivity index is 1.18. The molecule has 2 N–H and O–H groups in total. The molecular weight excluding hydrogens is 474 g/mol. The lowest BCUT2D eigenvalue weighted by Crippen LogP contribution is -2.53. The van der Waals surface area contributed by atoms with Gasteiger partial charge in [0.1, 0.15) is 24.2 Å². The van der Waals surface area contributed by atoms with Crippen LogP contribution in [0.1, 0.15) is 48.0 Å². The lowest BCUT2D eigenvalue weighted by Gasteiger charge is -2.42. The van der Waals surface area contributed by atoms with Gasteiger partial charge in [-0.3, -0.25) is 14.4 Å². The molecule has 2 fully saturated rings. The number of nitrogens with zero attached hydrogens (tertiary/aromatic N) is 1. The first-order valence-electron chi connectivity index (χ1n) is 12.8. The fourth-order valence-electron chi connectivity index (χ4n) is 4.92. The predicted octanol–water partition coefficient (Wildman–Crippen LogP) is 3.13. The van der Waals surface area contributed by atoms with E-state index < -0.39 is 0 Å². The molecule has 1 aliphatic carbocycles. The summed E-state index contributed by atoms with van der Waals surface area (Å²) in [7, 11) is 3.39. The minimum Gasteiger partial charge on any atom is -0.497 e. The van der Waals surface area contributed by atoms with Gasteiger partial charge in [-0.1, -0.05) is 12.1 Å². The van der Waals surface area contributed by atoms with Gasteiger partial charge in [-0.25, -0.2) is 0 Å². The van der Waals surface area contributed by atoms with Crippen molar-refractivity contribution in [1.29, 1.82) is 0 Å². The third kappa shape index (κ3) is 5.88. The number of methoxy groups -OCH3 is 1. The summed E-state index contributed by atoms with van der Waals surface area (Å²) < 4.78 is 17.5. The number of benzene rings is 2. The molecule has 196 valence electrons. The molecule has 2 aromatic rings. The number of ether oxygens (including phenoxy) is 3. The van der Waals surface area contributed by atoms with Gasteiger partial charge in [-0.05, 0) is 61.6 Å². The molecule has 9 heteroatoms. The maximum absolute atomic E-state index is 13.4. The van der Waals surface area contributed by atoms with Crippen molar-refractivity contribution in [3.05, 3.63) is 53.6 Å². The minimum atomic E-state index is -0.343. The van der Waals surface area contributed by atoms with Crippen molar-refractivity contribution < 1.29 is 28.6 Å². The molecular formula is C28H33N3O6. The second kappa shape index (κ2) is 10.8. The van der Waals surface area contributed by atoms with Crippen molar-refractivity contribution >= 4 is 23.4 Å². The normalized spacial score (nSPS) is 23.0. The highest BCUT2D eigenvalue weighted by atomic mass is 16.5. The zero-order chi connectivity index (χ0) is 25.9. The van der Waals surface area contributed by atoms with E-state index in [1.54, 1.807) is 37.3 Å². The molecule has 9 nitrogen and oxygen atoms in total. The van der Waals surface area contributed by atoms with Crippen molar-refractivity contribution in [2.24, 2.45) is 5.92 Å². The number of rotatable bonds is 7. The van der Waals surface area contributed by atoms with Gasteiger partial charge in [0.05, 0.1) is 31.2 Å². The van der Waals surface area contributed by atoms with Crippen molar-refractivity contribution in [2.45, 2.75) is 56.9 Å².